The van der Waals surface area contributed by atoms with Crippen LogP contribution in [0.1, 0.15) is 6.92 Å². The molecule has 0 saturated heterocycles. The van der Waals surface area contributed by atoms with E-state index in [1.807, 2.05) is 6.92 Å². The average Bonchev–Trinajstić information content (AvgIpc) is 1.86. The fraction of sp³-hybridized carbons (Fsp3) is 0.600. The monoisotopic (exact) mass is 162 g/mol. The summed E-state index contributed by atoms with van der Waals surface area (Å²) in [6.07, 6.45) is 0.966. The van der Waals surface area contributed by atoms with Crippen molar-refractivity contribution in [3.8, 4) is 0 Å². The van der Waals surface area contributed by atoms with E-state index < -0.39 is 4.92 Å². The van der Waals surface area contributed by atoms with Crippen molar-refractivity contribution in [1.29, 1.82) is 0 Å². The topological polar surface area (TPSA) is 55.2 Å². The van der Waals surface area contributed by atoms with Crippen LogP contribution in [0.2, 0.25) is 0 Å². The standard InChI is InChI=1S/C5H10N2O2S/c1-3-10-5(6-2)4-7(8)9/h4,6H,3H2,1-2H3/b5-4-. The van der Waals surface area contributed by atoms with Crippen molar-refractivity contribution in [2.24, 2.45) is 0 Å². The summed E-state index contributed by atoms with van der Waals surface area (Å²) in [7, 11) is 1.66. The number of rotatable bonds is 4. The van der Waals surface area contributed by atoms with Gasteiger partial charge in [0.1, 0.15) is 5.03 Å². The van der Waals surface area contributed by atoms with E-state index in [4.69, 9.17) is 0 Å². The predicted molar refractivity (Wildman–Crippen MR) is 42.3 cm³/mol. The van der Waals surface area contributed by atoms with Gasteiger partial charge in [-0.25, -0.2) is 0 Å². The maximum atomic E-state index is 9.92. The number of hydrogen-bond acceptors (Lipinski definition) is 4. The highest BCUT2D eigenvalue weighted by molar-refractivity contribution is 8.02. The number of nitro groups is 1. The minimum Gasteiger partial charge on any atom is -0.378 e. The number of thioether (sulfide) groups is 1. The molecule has 0 unspecified atom stereocenters. The van der Waals surface area contributed by atoms with Gasteiger partial charge < -0.3 is 5.32 Å². The van der Waals surface area contributed by atoms with Gasteiger partial charge in [-0.1, -0.05) is 6.92 Å². The second-order valence-electron chi connectivity index (χ2n) is 1.46. The van der Waals surface area contributed by atoms with E-state index in [0.29, 0.717) is 5.03 Å². The van der Waals surface area contributed by atoms with E-state index in [0.717, 1.165) is 12.0 Å². The highest BCUT2D eigenvalue weighted by Gasteiger charge is 1.97. The van der Waals surface area contributed by atoms with Gasteiger partial charge in [-0.15, -0.1) is 11.8 Å². The van der Waals surface area contributed by atoms with Gasteiger partial charge in [-0.05, 0) is 5.75 Å². The van der Waals surface area contributed by atoms with Crippen molar-refractivity contribution < 1.29 is 4.92 Å². The predicted octanol–water partition coefficient (Wildman–Crippen LogP) is 1.03. The Labute approximate surface area is 63.8 Å². The first kappa shape index (κ1) is 9.29. The molecule has 0 aliphatic carbocycles. The Balaban J connectivity index is 3.91. The molecule has 1 N–H and O–H groups in total. The maximum absolute atomic E-state index is 9.92. The fourth-order valence-electron chi connectivity index (χ4n) is 0.425. The molecule has 58 valence electrons. The molecule has 0 aromatic rings. The number of nitrogens with one attached hydrogen (secondary N) is 1. The van der Waals surface area contributed by atoms with Crippen LogP contribution < -0.4 is 5.32 Å². The summed E-state index contributed by atoms with van der Waals surface area (Å²) < 4.78 is 0. The molecule has 0 fully saturated rings. The Morgan fingerprint density at radius 1 is 1.90 bits per heavy atom. The molecule has 0 saturated carbocycles. The molecule has 0 radical (unpaired) electrons. The highest BCUT2D eigenvalue weighted by Crippen LogP contribution is 2.09. The molecule has 0 aromatic carbocycles. The van der Waals surface area contributed by atoms with Gasteiger partial charge in [0.25, 0.3) is 6.20 Å². The molecule has 0 heterocycles. The molecule has 0 atom stereocenters. The zero-order valence-electron chi connectivity index (χ0n) is 5.96. The van der Waals surface area contributed by atoms with Gasteiger partial charge in [0.15, 0.2) is 0 Å². The van der Waals surface area contributed by atoms with E-state index in [1.165, 1.54) is 11.8 Å². The van der Waals surface area contributed by atoms with Crippen molar-refractivity contribution in [2.75, 3.05) is 12.8 Å². The Kier molecular flexibility index (Phi) is 4.74. The number of hydrogen-bond donors (Lipinski definition) is 1. The summed E-state index contributed by atoms with van der Waals surface area (Å²) in [5, 5.41) is 13.2. The van der Waals surface area contributed by atoms with Crippen molar-refractivity contribution in [3.63, 3.8) is 0 Å². The van der Waals surface area contributed by atoms with Crippen molar-refractivity contribution in [2.45, 2.75) is 6.92 Å². The number of nitrogens with zero attached hydrogens (tertiary/aromatic N) is 1. The minimum absolute atomic E-state index is 0.464. The Hall–Kier alpha value is -0.710. The molecular weight excluding hydrogens is 152 g/mol. The molecule has 0 rings (SSSR count). The van der Waals surface area contributed by atoms with E-state index in [9.17, 15) is 10.1 Å². The second kappa shape index (κ2) is 5.10. The SMILES string of the molecule is CCS/C(=C\[N+](=O)[O-])NC. The van der Waals surface area contributed by atoms with Gasteiger partial charge >= 0.3 is 0 Å². The zero-order chi connectivity index (χ0) is 7.98. The van der Waals surface area contributed by atoms with E-state index in [1.54, 1.807) is 7.05 Å². The summed E-state index contributed by atoms with van der Waals surface area (Å²) in [4.78, 5) is 9.46. The lowest BCUT2D eigenvalue weighted by molar-refractivity contribution is -0.403. The van der Waals surface area contributed by atoms with Crippen molar-refractivity contribution >= 4 is 11.8 Å². The maximum Gasteiger partial charge on any atom is 0.263 e. The zero-order valence-corrected chi connectivity index (χ0v) is 6.77. The summed E-state index contributed by atoms with van der Waals surface area (Å²) >= 11 is 1.41. The lowest BCUT2D eigenvalue weighted by Crippen LogP contribution is -2.04. The van der Waals surface area contributed by atoms with Crippen LogP contribution in [-0.4, -0.2) is 17.7 Å². The average molecular weight is 162 g/mol. The first-order valence-corrected chi connectivity index (χ1v) is 3.85. The molecule has 0 aromatic heterocycles. The van der Waals surface area contributed by atoms with E-state index in [-0.39, 0.29) is 0 Å². The molecular formula is C5H10N2O2S. The summed E-state index contributed by atoms with van der Waals surface area (Å²) in [6.45, 7) is 1.94. The van der Waals surface area contributed by atoms with Gasteiger partial charge in [-0.3, -0.25) is 10.1 Å². The van der Waals surface area contributed by atoms with Crippen LogP contribution >= 0.6 is 11.8 Å². The van der Waals surface area contributed by atoms with Crippen LogP contribution in [0, 0.1) is 10.1 Å². The van der Waals surface area contributed by atoms with Gasteiger partial charge in [-0.2, -0.15) is 0 Å². The minimum atomic E-state index is -0.464. The third-order valence-corrected chi connectivity index (χ3v) is 1.68. The second-order valence-corrected chi connectivity index (χ2v) is 2.77. The lowest BCUT2D eigenvalue weighted by atomic mass is 10.9. The van der Waals surface area contributed by atoms with Crippen LogP contribution in [0.15, 0.2) is 11.2 Å². The Bertz CT molecular complexity index is 147. The van der Waals surface area contributed by atoms with Crippen LogP contribution in [0.4, 0.5) is 0 Å². The smallest absolute Gasteiger partial charge is 0.263 e. The van der Waals surface area contributed by atoms with Crippen molar-refractivity contribution in [3.05, 3.63) is 21.3 Å². The Morgan fingerprint density at radius 3 is 2.80 bits per heavy atom. The molecule has 10 heavy (non-hydrogen) atoms. The lowest BCUT2D eigenvalue weighted by Gasteiger charge is -1.98. The first-order chi connectivity index (χ1) is 4.70. The molecule has 0 amide bonds. The summed E-state index contributed by atoms with van der Waals surface area (Å²) in [5.41, 5.74) is 0. The molecule has 0 spiro atoms. The molecule has 0 aliphatic rings. The summed E-state index contributed by atoms with van der Waals surface area (Å²) in [6, 6.07) is 0. The molecule has 0 aliphatic heterocycles. The molecule has 5 heteroatoms. The van der Waals surface area contributed by atoms with Crippen LogP contribution in [0.3, 0.4) is 0 Å². The Morgan fingerprint density at radius 2 is 2.50 bits per heavy atom. The van der Waals surface area contributed by atoms with Crippen LogP contribution in [0.25, 0.3) is 0 Å². The van der Waals surface area contributed by atoms with Gasteiger partial charge in [0, 0.05) is 7.05 Å². The van der Waals surface area contributed by atoms with Crippen LogP contribution in [0.5, 0.6) is 0 Å². The summed E-state index contributed by atoms with van der Waals surface area (Å²) in [5.74, 6) is 0.834. The van der Waals surface area contributed by atoms with Crippen molar-refractivity contribution in [1.82, 2.24) is 5.32 Å². The van der Waals surface area contributed by atoms with E-state index >= 15 is 0 Å². The molecule has 4 nitrogen and oxygen atoms in total. The first-order valence-electron chi connectivity index (χ1n) is 2.86. The van der Waals surface area contributed by atoms with Crippen LogP contribution in [-0.2, 0) is 0 Å². The quantitative estimate of drug-likeness (QED) is 0.495. The van der Waals surface area contributed by atoms with Gasteiger partial charge in [0.2, 0.25) is 0 Å². The van der Waals surface area contributed by atoms with E-state index in [2.05, 4.69) is 5.32 Å². The highest BCUT2D eigenvalue weighted by atomic mass is 32.2. The third-order valence-electron chi connectivity index (χ3n) is 0.769. The molecule has 0 bridgehead atoms. The normalized spacial score (nSPS) is 11.2. The largest absolute Gasteiger partial charge is 0.378 e. The fourth-order valence-corrected chi connectivity index (χ4v) is 1.04. The third kappa shape index (κ3) is 4.20. The van der Waals surface area contributed by atoms with Gasteiger partial charge in [0.05, 0.1) is 4.92 Å².